The second kappa shape index (κ2) is 10.0. The van der Waals surface area contributed by atoms with Crippen molar-refractivity contribution in [1.29, 1.82) is 0 Å². The Kier molecular flexibility index (Phi) is 7.19. The predicted molar refractivity (Wildman–Crippen MR) is 116 cm³/mol. The summed E-state index contributed by atoms with van der Waals surface area (Å²) in [7, 11) is 2.06. The van der Waals surface area contributed by atoms with Crippen LogP contribution < -0.4 is 5.32 Å². The van der Waals surface area contributed by atoms with Crippen LogP contribution in [0.1, 0.15) is 29.3 Å². The Morgan fingerprint density at radius 3 is 2.75 bits per heavy atom. The minimum Gasteiger partial charge on any atom is -0.357 e. The Bertz CT molecular complexity index is 883. The summed E-state index contributed by atoms with van der Waals surface area (Å²) in [6, 6.07) is 10.1. The molecule has 0 atom stereocenters. The molecule has 0 saturated carbocycles. The third-order valence-electron chi connectivity index (χ3n) is 4.31. The molecule has 0 spiro atoms. The molecule has 2 aromatic heterocycles. The van der Waals surface area contributed by atoms with Gasteiger partial charge in [0.1, 0.15) is 0 Å². The highest BCUT2D eigenvalue weighted by atomic mass is 32.1. The number of guanidine groups is 1. The molecule has 0 bridgehead atoms. The van der Waals surface area contributed by atoms with Gasteiger partial charge in [-0.05, 0) is 25.5 Å². The van der Waals surface area contributed by atoms with Gasteiger partial charge in [-0.25, -0.2) is 9.67 Å². The summed E-state index contributed by atoms with van der Waals surface area (Å²) in [6.45, 7) is 6.56. The van der Waals surface area contributed by atoms with E-state index < -0.39 is 0 Å². The molecule has 0 amide bonds. The fraction of sp³-hybridized carbons (Fsp3) is 0.381. The smallest absolute Gasteiger partial charge is 0.193 e. The number of nitrogens with zero attached hydrogens (tertiary/aromatic N) is 5. The molecule has 7 heteroatoms. The van der Waals surface area contributed by atoms with Gasteiger partial charge >= 0.3 is 0 Å². The first-order valence-electron chi connectivity index (χ1n) is 9.71. The molecular weight excluding hydrogens is 368 g/mol. The Labute approximate surface area is 171 Å². The van der Waals surface area contributed by atoms with Crippen molar-refractivity contribution < 1.29 is 0 Å². The molecule has 1 aromatic carbocycles. The van der Waals surface area contributed by atoms with Crippen LogP contribution in [0.25, 0.3) is 5.69 Å². The molecule has 0 aliphatic rings. The van der Waals surface area contributed by atoms with Crippen molar-refractivity contribution in [2.75, 3.05) is 20.1 Å². The maximum Gasteiger partial charge on any atom is 0.193 e. The average molecular weight is 397 g/mol. The van der Waals surface area contributed by atoms with Gasteiger partial charge in [0.25, 0.3) is 0 Å². The van der Waals surface area contributed by atoms with Crippen molar-refractivity contribution in [1.82, 2.24) is 25.0 Å². The van der Waals surface area contributed by atoms with Gasteiger partial charge in [-0.1, -0.05) is 25.1 Å². The first-order chi connectivity index (χ1) is 13.7. The van der Waals surface area contributed by atoms with E-state index in [1.807, 2.05) is 35.3 Å². The number of aryl methyl sites for hydroxylation is 1. The summed E-state index contributed by atoms with van der Waals surface area (Å²) in [4.78, 5) is 12.7. The SMILES string of the molecule is CCNC(=NCCc1ncc(CC)s1)N(C)Cc1cnn(-c2ccccc2)c1. The molecule has 148 valence electrons. The third-order valence-corrected chi connectivity index (χ3v) is 5.51. The number of para-hydroxylation sites is 1. The summed E-state index contributed by atoms with van der Waals surface area (Å²) in [6.07, 6.45) is 7.87. The van der Waals surface area contributed by atoms with E-state index >= 15 is 0 Å². The number of hydrogen-bond acceptors (Lipinski definition) is 4. The van der Waals surface area contributed by atoms with Crippen LogP contribution in [-0.4, -0.2) is 45.8 Å². The number of benzene rings is 1. The van der Waals surface area contributed by atoms with Crippen LogP contribution in [0, 0.1) is 0 Å². The van der Waals surface area contributed by atoms with E-state index in [2.05, 4.69) is 59.5 Å². The van der Waals surface area contributed by atoms with Crippen LogP contribution in [0.15, 0.2) is 53.9 Å². The van der Waals surface area contributed by atoms with Gasteiger partial charge in [0.15, 0.2) is 5.96 Å². The minimum atomic E-state index is 0.729. The Morgan fingerprint density at radius 2 is 2.04 bits per heavy atom. The molecule has 1 N–H and O–H groups in total. The van der Waals surface area contributed by atoms with Crippen molar-refractivity contribution in [2.24, 2.45) is 4.99 Å². The van der Waals surface area contributed by atoms with Gasteiger partial charge in [-0.2, -0.15) is 5.10 Å². The number of rotatable bonds is 8. The van der Waals surface area contributed by atoms with Crippen molar-refractivity contribution in [3.63, 3.8) is 0 Å². The third kappa shape index (κ3) is 5.42. The summed E-state index contributed by atoms with van der Waals surface area (Å²) in [5.74, 6) is 0.905. The van der Waals surface area contributed by atoms with Crippen molar-refractivity contribution in [2.45, 2.75) is 33.2 Å². The van der Waals surface area contributed by atoms with E-state index in [9.17, 15) is 0 Å². The lowest BCUT2D eigenvalue weighted by atomic mass is 10.3. The monoisotopic (exact) mass is 396 g/mol. The van der Waals surface area contributed by atoms with E-state index in [4.69, 9.17) is 4.99 Å². The van der Waals surface area contributed by atoms with E-state index in [-0.39, 0.29) is 0 Å². The van der Waals surface area contributed by atoms with Gasteiger partial charge in [0.2, 0.25) is 0 Å². The zero-order valence-corrected chi connectivity index (χ0v) is 17.6. The molecule has 0 saturated heterocycles. The van der Waals surface area contributed by atoms with Crippen molar-refractivity contribution in [3.8, 4) is 5.69 Å². The molecule has 0 radical (unpaired) electrons. The summed E-state index contributed by atoms with van der Waals surface area (Å²) >= 11 is 1.78. The zero-order valence-electron chi connectivity index (χ0n) is 16.8. The fourth-order valence-corrected chi connectivity index (χ4v) is 3.72. The quantitative estimate of drug-likeness (QED) is 0.467. The van der Waals surface area contributed by atoms with Gasteiger partial charge in [-0.15, -0.1) is 11.3 Å². The summed E-state index contributed by atoms with van der Waals surface area (Å²) < 4.78 is 1.90. The number of thiazole rings is 1. The lowest BCUT2D eigenvalue weighted by Crippen LogP contribution is -2.38. The molecule has 3 aromatic rings. The van der Waals surface area contributed by atoms with Crippen LogP contribution in [0.3, 0.4) is 0 Å². The molecule has 0 aliphatic heterocycles. The normalized spacial score (nSPS) is 11.6. The standard InChI is InChI=1S/C21H28N6S/c1-4-19-14-24-20(28-19)11-12-23-21(22-5-2)26(3)15-17-13-25-27(16-17)18-9-7-6-8-10-18/h6-10,13-14,16H,4-5,11-12,15H2,1-3H3,(H,22,23). The highest BCUT2D eigenvalue weighted by Gasteiger charge is 2.09. The highest BCUT2D eigenvalue weighted by molar-refractivity contribution is 7.11. The van der Waals surface area contributed by atoms with Crippen LogP contribution in [-0.2, 0) is 19.4 Å². The van der Waals surface area contributed by atoms with E-state index in [0.717, 1.165) is 54.7 Å². The molecule has 0 unspecified atom stereocenters. The first-order valence-corrected chi connectivity index (χ1v) is 10.5. The molecule has 0 fully saturated rings. The maximum atomic E-state index is 4.78. The Balaban J connectivity index is 1.60. The maximum absolute atomic E-state index is 4.78. The van der Waals surface area contributed by atoms with Crippen LogP contribution in [0.4, 0.5) is 0 Å². The largest absolute Gasteiger partial charge is 0.357 e. The minimum absolute atomic E-state index is 0.729. The predicted octanol–water partition coefficient (Wildman–Crippen LogP) is 3.53. The highest BCUT2D eigenvalue weighted by Crippen LogP contribution is 2.14. The fourth-order valence-electron chi connectivity index (χ4n) is 2.87. The van der Waals surface area contributed by atoms with Crippen LogP contribution in [0.2, 0.25) is 0 Å². The van der Waals surface area contributed by atoms with E-state index in [1.54, 1.807) is 11.3 Å². The van der Waals surface area contributed by atoms with E-state index in [1.165, 1.54) is 4.88 Å². The topological polar surface area (TPSA) is 58.3 Å². The van der Waals surface area contributed by atoms with Crippen LogP contribution in [0.5, 0.6) is 0 Å². The van der Waals surface area contributed by atoms with Crippen molar-refractivity contribution in [3.05, 3.63) is 64.4 Å². The molecule has 28 heavy (non-hydrogen) atoms. The number of aliphatic imine (C=N–C) groups is 1. The Morgan fingerprint density at radius 1 is 1.21 bits per heavy atom. The van der Waals surface area contributed by atoms with Gasteiger partial charge in [-0.3, -0.25) is 4.99 Å². The van der Waals surface area contributed by atoms with Gasteiger partial charge in [0, 0.05) is 55.9 Å². The summed E-state index contributed by atoms with van der Waals surface area (Å²) in [5.41, 5.74) is 2.20. The number of aromatic nitrogens is 3. The van der Waals surface area contributed by atoms with E-state index in [0.29, 0.717) is 0 Å². The Hall–Kier alpha value is -2.67. The molecule has 6 nitrogen and oxygen atoms in total. The lowest BCUT2D eigenvalue weighted by molar-refractivity contribution is 0.477. The lowest BCUT2D eigenvalue weighted by Gasteiger charge is -2.21. The average Bonchev–Trinajstić information content (AvgIpc) is 3.37. The number of nitrogens with one attached hydrogen (secondary N) is 1. The van der Waals surface area contributed by atoms with Crippen LogP contribution >= 0.6 is 11.3 Å². The van der Waals surface area contributed by atoms with Gasteiger partial charge in [0.05, 0.1) is 16.9 Å². The van der Waals surface area contributed by atoms with Crippen molar-refractivity contribution >= 4 is 17.3 Å². The zero-order chi connectivity index (χ0) is 19.8. The second-order valence-corrected chi connectivity index (χ2v) is 7.74. The van der Waals surface area contributed by atoms with Gasteiger partial charge < -0.3 is 10.2 Å². The molecule has 3 rings (SSSR count). The summed E-state index contributed by atoms with van der Waals surface area (Å²) in [5, 5.41) is 9.01. The molecule has 2 heterocycles. The second-order valence-electron chi connectivity index (χ2n) is 6.54. The molecule has 0 aliphatic carbocycles. The number of hydrogen-bond donors (Lipinski definition) is 1. The first kappa shape index (κ1) is 20.1. The molecular formula is C21H28N6S.